The Morgan fingerprint density at radius 3 is 2.80 bits per heavy atom. The number of thioether (sulfide) groups is 1. The van der Waals surface area contributed by atoms with Crippen molar-refractivity contribution < 1.29 is 13.2 Å². The zero-order valence-corrected chi connectivity index (χ0v) is 11.2. The summed E-state index contributed by atoms with van der Waals surface area (Å²) in [5, 5.41) is 10.0. The molecule has 2 aromatic heterocycles. The van der Waals surface area contributed by atoms with Crippen molar-refractivity contribution in [1.82, 2.24) is 25.1 Å². The number of nitrogens with one attached hydrogen (secondary N) is 2. The van der Waals surface area contributed by atoms with Crippen LogP contribution in [0.2, 0.25) is 0 Å². The maximum Gasteiger partial charge on any atom is 0.451 e. The highest BCUT2D eigenvalue weighted by atomic mass is 32.2. The SMILES string of the molecule is Cc1nc(SCCNc2ccnc(C(F)(F)F)n2)n[nH]1. The van der Waals surface area contributed by atoms with Crippen LogP contribution in [-0.2, 0) is 6.18 Å². The highest BCUT2D eigenvalue weighted by Crippen LogP contribution is 2.26. The molecule has 0 bridgehead atoms. The van der Waals surface area contributed by atoms with Gasteiger partial charge in [-0.2, -0.15) is 13.2 Å². The molecule has 0 aromatic carbocycles. The Bertz CT molecular complexity index is 570. The lowest BCUT2D eigenvalue weighted by Gasteiger charge is -2.07. The fraction of sp³-hybridized carbons (Fsp3) is 0.400. The van der Waals surface area contributed by atoms with Gasteiger partial charge in [0.25, 0.3) is 0 Å². The van der Waals surface area contributed by atoms with Crippen LogP contribution in [0.25, 0.3) is 0 Å². The fourth-order valence-electron chi connectivity index (χ4n) is 1.30. The number of halogens is 3. The van der Waals surface area contributed by atoms with Crippen LogP contribution in [0.15, 0.2) is 17.4 Å². The maximum atomic E-state index is 12.4. The number of rotatable bonds is 5. The molecule has 0 fully saturated rings. The minimum absolute atomic E-state index is 0.138. The van der Waals surface area contributed by atoms with E-state index in [1.807, 2.05) is 0 Å². The number of aromatic nitrogens is 5. The number of anilines is 1. The summed E-state index contributed by atoms with van der Waals surface area (Å²) >= 11 is 1.39. The van der Waals surface area contributed by atoms with Crippen molar-refractivity contribution in [3.63, 3.8) is 0 Å². The molecule has 0 aliphatic carbocycles. The van der Waals surface area contributed by atoms with E-state index in [0.29, 0.717) is 23.3 Å². The van der Waals surface area contributed by atoms with Crippen LogP contribution >= 0.6 is 11.8 Å². The molecule has 2 aromatic rings. The van der Waals surface area contributed by atoms with E-state index in [4.69, 9.17) is 0 Å². The highest BCUT2D eigenvalue weighted by Gasteiger charge is 2.34. The first-order valence-electron chi connectivity index (χ1n) is 5.61. The molecule has 10 heteroatoms. The Kier molecular flexibility index (Phi) is 4.42. The summed E-state index contributed by atoms with van der Waals surface area (Å²) in [6, 6.07) is 1.39. The van der Waals surface area contributed by atoms with Crippen molar-refractivity contribution in [3.05, 3.63) is 23.9 Å². The van der Waals surface area contributed by atoms with Crippen LogP contribution in [0.5, 0.6) is 0 Å². The first-order chi connectivity index (χ1) is 9.45. The minimum Gasteiger partial charge on any atom is -0.369 e. The highest BCUT2D eigenvalue weighted by molar-refractivity contribution is 7.99. The standard InChI is InChI=1S/C10H11F3N6S/c1-6-16-9(19-18-6)20-5-4-14-7-2-3-15-8(17-7)10(11,12)13/h2-3H,4-5H2,1H3,(H,14,15,17)(H,16,18,19). The Balaban J connectivity index is 1.82. The topological polar surface area (TPSA) is 79.4 Å². The predicted octanol–water partition coefficient (Wildman–Crippen LogP) is 2.13. The molecule has 0 atom stereocenters. The first-order valence-corrected chi connectivity index (χ1v) is 6.59. The number of aryl methyl sites for hydroxylation is 1. The number of hydrogen-bond acceptors (Lipinski definition) is 6. The molecule has 0 radical (unpaired) electrons. The van der Waals surface area contributed by atoms with Gasteiger partial charge in [0.05, 0.1) is 0 Å². The van der Waals surface area contributed by atoms with Crippen LogP contribution in [-0.4, -0.2) is 37.4 Å². The van der Waals surface area contributed by atoms with E-state index in [-0.39, 0.29) is 5.82 Å². The first kappa shape index (κ1) is 14.6. The smallest absolute Gasteiger partial charge is 0.369 e. The second kappa shape index (κ2) is 6.07. The third-order valence-electron chi connectivity index (χ3n) is 2.13. The molecule has 2 N–H and O–H groups in total. The van der Waals surface area contributed by atoms with Crippen molar-refractivity contribution >= 4 is 17.6 Å². The Morgan fingerprint density at radius 1 is 1.35 bits per heavy atom. The summed E-state index contributed by atoms with van der Waals surface area (Å²) in [5.41, 5.74) is 0. The summed E-state index contributed by atoms with van der Waals surface area (Å²) in [5.74, 6) is 0.299. The molecule has 0 saturated carbocycles. The van der Waals surface area contributed by atoms with Gasteiger partial charge in [-0.05, 0) is 13.0 Å². The second-order valence-corrected chi connectivity index (χ2v) is 4.80. The molecule has 0 aliphatic rings. The monoisotopic (exact) mass is 304 g/mol. The molecular weight excluding hydrogens is 293 g/mol. The van der Waals surface area contributed by atoms with Gasteiger partial charge in [0, 0.05) is 18.5 Å². The van der Waals surface area contributed by atoms with E-state index >= 15 is 0 Å². The Morgan fingerprint density at radius 2 is 2.15 bits per heavy atom. The Hall–Kier alpha value is -1.84. The molecule has 0 saturated heterocycles. The molecule has 2 rings (SSSR count). The van der Waals surface area contributed by atoms with Crippen LogP contribution < -0.4 is 5.32 Å². The second-order valence-electron chi connectivity index (χ2n) is 3.74. The summed E-state index contributed by atoms with van der Waals surface area (Å²) in [6.07, 6.45) is -3.47. The fourth-order valence-corrected chi connectivity index (χ4v) is 2.00. The lowest BCUT2D eigenvalue weighted by molar-refractivity contribution is -0.144. The van der Waals surface area contributed by atoms with E-state index in [9.17, 15) is 13.2 Å². The number of aromatic amines is 1. The third-order valence-corrected chi connectivity index (χ3v) is 2.97. The molecule has 2 heterocycles. The third kappa shape index (κ3) is 4.08. The molecule has 6 nitrogen and oxygen atoms in total. The van der Waals surface area contributed by atoms with Crippen LogP contribution in [0.4, 0.5) is 19.0 Å². The van der Waals surface area contributed by atoms with Crippen molar-refractivity contribution in [2.45, 2.75) is 18.3 Å². The van der Waals surface area contributed by atoms with E-state index in [1.54, 1.807) is 6.92 Å². The van der Waals surface area contributed by atoms with E-state index in [1.165, 1.54) is 17.8 Å². The maximum absolute atomic E-state index is 12.4. The van der Waals surface area contributed by atoms with E-state index in [2.05, 4.69) is 30.5 Å². The zero-order chi connectivity index (χ0) is 14.6. The van der Waals surface area contributed by atoms with E-state index in [0.717, 1.165) is 6.20 Å². The number of hydrogen-bond donors (Lipinski definition) is 2. The molecule has 108 valence electrons. The molecule has 0 unspecified atom stereocenters. The van der Waals surface area contributed by atoms with Crippen molar-refractivity contribution in [2.24, 2.45) is 0 Å². The normalized spacial score (nSPS) is 11.6. The largest absolute Gasteiger partial charge is 0.451 e. The van der Waals surface area contributed by atoms with Crippen molar-refractivity contribution in [3.8, 4) is 0 Å². The molecular formula is C10H11F3N6S. The lowest BCUT2D eigenvalue weighted by atomic mass is 10.5. The predicted molar refractivity (Wildman–Crippen MR) is 67.4 cm³/mol. The molecule has 0 spiro atoms. The zero-order valence-electron chi connectivity index (χ0n) is 10.4. The van der Waals surface area contributed by atoms with Crippen LogP contribution in [0.3, 0.4) is 0 Å². The lowest BCUT2D eigenvalue weighted by Crippen LogP contribution is -2.13. The summed E-state index contributed by atoms with van der Waals surface area (Å²) in [4.78, 5) is 10.7. The number of H-pyrrole nitrogens is 1. The van der Waals surface area contributed by atoms with Crippen LogP contribution in [0, 0.1) is 6.92 Å². The van der Waals surface area contributed by atoms with Gasteiger partial charge in [0.2, 0.25) is 11.0 Å². The number of alkyl halides is 3. The van der Waals surface area contributed by atoms with Gasteiger partial charge in [-0.3, -0.25) is 5.10 Å². The van der Waals surface area contributed by atoms with Gasteiger partial charge >= 0.3 is 6.18 Å². The summed E-state index contributed by atoms with van der Waals surface area (Å²) < 4.78 is 37.2. The van der Waals surface area contributed by atoms with Gasteiger partial charge in [0.15, 0.2) is 0 Å². The average molecular weight is 304 g/mol. The molecule has 20 heavy (non-hydrogen) atoms. The van der Waals surface area contributed by atoms with Crippen molar-refractivity contribution in [1.29, 1.82) is 0 Å². The minimum atomic E-state index is -4.54. The number of nitrogens with zero attached hydrogens (tertiary/aromatic N) is 4. The van der Waals surface area contributed by atoms with E-state index < -0.39 is 12.0 Å². The summed E-state index contributed by atoms with van der Waals surface area (Å²) in [6.45, 7) is 2.22. The van der Waals surface area contributed by atoms with Crippen LogP contribution in [0.1, 0.15) is 11.6 Å². The van der Waals surface area contributed by atoms with Gasteiger partial charge in [0.1, 0.15) is 11.6 Å². The van der Waals surface area contributed by atoms with Gasteiger partial charge in [-0.1, -0.05) is 11.8 Å². The average Bonchev–Trinajstić information content (AvgIpc) is 2.80. The molecule has 0 amide bonds. The molecule has 0 aliphatic heterocycles. The summed E-state index contributed by atoms with van der Waals surface area (Å²) in [7, 11) is 0. The quantitative estimate of drug-likeness (QED) is 0.651. The van der Waals surface area contributed by atoms with Crippen molar-refractivity contribution in [2.75, 3.05) is 17.6 Å². The van der Waals surface area contributed by atoms with Gasteiger partial charge in [-0.25, -0.2) is 15.0 Å². The Labute approximate surface area is 116 Å². The van der Waals surface area contributed by atoms with Gasteiger partial charge < -0.3 is 5.32 Å². The van der Waals surface area contributed by atoms with Gasteiger partial charge in [-0.15, -0.1) is 5.10 Å².